The molecule has 0 aliphatic carbocycles. The molecule has 0 bridgehead atoms. The molecule has 9 heteroatoms. The monoisotopic (exact) mass is 232 g/mol. The summed E-state index contributed by atoms with van der Waals surface area (Å²) in [7, 11) is 0. The summed E-state index contributed by atoms with van der Waals surface area (Å²) in [5.74, 6) is -1.77. The second kappa shape index (κ2) is 5.75. The van der Waals surface area contributed by atoms with Crippen molar-refractivity contribution < 1.29 is 9.90 Å². The first-order valence-corrected chi connectivity index (χ1v) is 4.46. The summed E-state index contributed by atoms with van der Waals surface area (Å²) in [4.78, 5) is 18.0. The van der Waals surface area contributed by atoms with Crippen molar-refractivity contribution >= 4 is 17.9 Å². The number of hydrogen-bond donors (Lipinski definition) is 6. The van der Waals surface area contributed by atoms with E-state index in [1.807, 2.05) is 0 Å². The molecule has 0 unspecified atom stereocenters. The number of carboxylic acids is 1. The summed E-state index contributed by atoms with van der Waals surface area (Å²) < 4.78 is 0. The molecule has 0 spiro atoms. The first-order chi connectivity index (χ1) is 7.28. The van der Waals surface area contributed by atoms with E-state index in [4.69, 9.17) is 33.8 Å². The molecule has 0 aliphatic heterocycles. The van der Waals surface area contributed by atoms with Gasteiger partial charge in [-0.15, -0.1) is 0 Å². The fraction of sp³-hybridized carbons (Fsp3) is 0.571. The molecule has 0 radical (unpaired) electrons. The second-order valence-electron chi connectivity index (χ2n) is 3.18. The highest BCUT2D eigenvalue weighted by molar-refractivity contribution is 5.84. The Hall–Kier alpha value is -2.03. The molecule has 0 amide bonds. The highest BCUT2D eigenvalue weighted by Gasteiger charge is 2.33. The number of nitrogens with two attached hydrogens (primary N) is 5. The summed E-state index contributed by atoms with van der Waals surface area (Å²) in [6.07, 6.45) is 0.370. The quantitative estimate of drug-likeness (QED) is 0.122. The predicted molar refractivity (Wildman–Crippen MR) is 60.3 cm³/mol. The van der Waals surface area contributed by atoms with Gasteiger partial charge in [0.1, 0.15) is 0 Å². The topological polar surface area (TPSA) is 192 Å². The van der Waals surface area contributed by atoms with Crippen molar-refractivity contribution in [3.8, 4) is 0 Å². The van der Waals surface area contributed by atoms with Crippen LogP contribution in [-0.4, -0.2) is 35.2 Å². The first-order valence-electron chi connectivity index (χ1n) is 4.46. The third-order valence-electron chi connectivity index (χ3n) is 1.71. The van der Waals surface area contributed by atoms with Crippen LogP contribution in [0.2, 0.25) is 0 Å². The van der Waals surface area contributed by atoms with Gasteiger partial charge < -0.3 is 28.0 Å². The van der Waals surface area contributed by atoms with Gasteiger partial charge in [-0.05, 0) is 12.8 Å². The van der Waals surface area contributed by atoms with E-state index < -0.39 is 11.6 Å². The second-order valence-corrected chi connectivity index (χ2v) is 3.18. The lowest BCUT2D eigenvalue weighted by atomic mass is 10.1. The van der Waals surface area contributed by atoms with E-state index in [0.29, 0.717) is 6.42 Å². The molecule has 0 saturated carbocycles. The number of aliphatic carboxylic acids is 1. The molecule has 0 aliphatic rings. The minimum Gasteiger partial charge on any atom is -0.478 e. The van der Waals surface area contributed by atoms with Crippen LogP contribution in [0.15, 0.2) is 9.98 Å². The Morgan fingerprint density at radius 1 is 1.19 bits per heavy atom. The van der Waals surface area contributed by atoms with Crippen LogP contribution >= 0.6 is 0 Å². The maximum absolute atomic E-state index is 10.9. The predicted octanol–water partition coefficient (Wildman–Crippen LogP) is -2.95. The molecule has 0 aromatic heterocycles. The van der Waals surface area contributed by atoms with Crippen molar-refractivity contribution in [2.24, 2.45) is 38.7 Å². The summed E-state index contributed by atoms with van der Waals surface area (Å²) >= 11 is 0. The van der Waals surface area contributed by atoms with E-state index >= 15 is 0 Å². The van der Waals surface area contributed by atoms with Gasteiger partial charge in [0.2, 0.25) is 5.66 Å². The van der Waals surface area contributed by atoms with Crippen LogP contribution in [0.4, 0.5) is 0 Å². The van der Waals surface area contributed by atoms with Crippen LogP contribution in [0.1, 0.15) is 12.8 Å². The number of carbonyl (C=O) groups is 1. The Morgan fingerprint density at radius 3 is 2.12 bits per heavy atom. The Kier molecular flexibility index (Phi) is 5.02. The fourth-order valence-electron chi connectivity index (χ4n) is 0.998. The summed E-state index contributed by atoms with van der Waals surface area (Å²) in [6, 6.07) is 0. The van der Waals surface area contributed by atoms with Crippen molar-refractivity contribution in [1.29, 1.82) is 0 Å². The zero-order valence-corrected chi connectivity index (χ0v) is 8.76. The van der Waals surface area contributed by atoms with Gasteiger partial charge in [-0.2, -0.15) is 0 Å². The van der Waals surface area contributed by atoms with Crippen molar-refractivity contribution in [2.45, 2.75) is 18.5 Å². The van der Waals surface area contributed by atoms with Crippen molar-refractivity contribution in [3.63, 3.8) is 0 Å². The Morgan fingerprint density at radius 2 is 1.75 bits per heavy atom. The third-order valence-corrected chi connectivity index (χ3v) is 1.71. The molecule has 0 aromatic rings. The molecular formula is C7H17N7O2. The zero-order chi connectivity index (χ0) is 12.8. The molecule has 92 valence electrons. The van der Waals surface area contributed by atoms with Gasteiger partial charge in [0, 0.05) is 6.54 Å². The van der Waals surface area contributed by atoms with Gasteiger partial charge in [-0.3, -0.25) is 10.7 Å². The summed E-state index contributed by atoms with van der Waals surface area (Å²) in [5, 5.41) is 8.86. The van der Waals surface area contributed by atoms with Gasteiger partial charge in [-0.25, -0.2) is 9.79 Å². The van der Waals surface area contributed by atoms with Crippen molar-refractivity contribution in [2.75, 3.05) is 6.54 Å². The molecular weight excluding hydrogens is 215 g/mol. The molecule has 9 nitrogen and oxygen atoms in total. The number of aliphatic imine (C=N–C) groups is 2. The highest BCUT2D eigenvalue weighted by Crippen LogP contribution is 2.11. The van der Waals surface area contributed by atoms with Gasteiger partial charge >= 0.3 is 5.97 Å². The zero-order valence-electron chi connectivity index (χ0n) is 8.76. The lowest BCUT2D eigenvalue weighted by Crippen LogP contribution is -2.48. The molecule has 0 aromatic carbocycles. The van der Waals surface area contributed by atoms with Crippen LogP contribution in [0.3, 0.4) is 0 Å². The lowest BCUT2D eigenvalue weighted by Gasteiger charge is -2.19. The third kappa shape index (κ3) is 5.00. The van der Waals surface area contributed by atoms with E-state index in [-0.39, 0.29) is 24.9 Å². The average molecular weight is 232 g/mol. The Balaban J connectivity index is 4.42. The Labute approximate surface area is 92.4 Å². The fourth-order valence-corrected chi connectivity index (χ4v) is 0.998. The smallest absolute Gasteiger partial charge is 0.346 e. The molecule has 1 atom stereocenters. The van der Waals surface area contributed by atoms with Crippen LogP contribution in [-0.2, 0) is 4.79 Å². The normalized spacial score (nSPS) is 13.6. The first kappa shape index (κ1) is 14.0. The van der Waals surface area contributed by atoms with Gasteiger partial charge in [0.25, 0.3) is 0 Å². The molecule has 0 rings (SSSR count). The van der Waals surface area contributed by atoms with E-state index in [0.717, 1.165) is 0 Å². The largest absolute Gasteiger partial charge is 0.478 e. The van der Waals surface area contributed by atoms with E-state index in [1.165, 1.54) is 0 Å². The minimum atomic E-state index is -1.84. The van der Waals surface area contributed by atoms with Crippen molar-refractivity contribution in [3.05, 3.63) is 0 Å². The standard InChI is InChI=1S/C7H17N7O2/c8-5(9)13-3-1-2-7(12,4(15)16)14-6(10)11/h1-3,12H2,(H,15,16)(H4,8,9,13)(H4,10,11,14)/t7-/m1/s1/i12+1. The molecule has 16 heavy (non-hydrogen) atoms. The average Bonchev–Trinajstić information content (AvgIpc) is 2.10. The number of hydrogen-bond acceptors (Lipinski definition) is 4. The molecule has 11 N–H and O–H groups in total. The SMILES string of the molecule is NC(N)=NCCC[C@@]([15NH2])(N=C(N)N)C(=O)O. The molecule has 0 heterocycles. The van der Waals surface area contributed by atoms with Gasteiger partial charge in [-0.1, -0.05) is 0 Å². The Bertz CT molecular complexity index is 306. The number of rotatable bonds is 6. The van der Waals surface area contributed by atoms with E-state index in [1.54, 1.807) is 0 Å². The number of nitrogens with zero attached hydrogens (tertiary/aromatic N) is 2. The van der Waals surface area contributed by atoms with Crippen LogP contribution < -0.4 is 28.7 Å². The van der Waals surface area contributed by atoms with E-state index in [9.17, 15) is 4.79 Å². The molecule has 0 saturated heterocycles. The number of guanidine groups is 2. The van der Waals surface area contributed by atoms with Gasteiger partial charge in [0.15, 0.2) is 11.9 Å². The van der Waals surface area contributed by atoms with Gasteiger partial charge in [0.05, 0.1) is 0 Å². The molecule has 0 fully saturated rings. The minimum absolute atomic E-state index is 0.0248. The van der Waals surface area contributed by atoms with Crippen LogP contribution in [0.25, 0.3) is 0 Å². The van der Waals surface area contributed by atoms with Crippen molar-refractivity contribution in [1.82, 2.24) is 0 Å². The van der Waals surface area contributed by atoms with E-state index in [2.05, 4.69) is 9.98 Å². The highest BCUT2D eigenvalue weighted by atomic mass is 16.4. The lowest BCUT2D eigenvalue weighted by molar-refractivity contribution is -0.143. The summed E-state index contributed by atoms with van der Waals surface area (Å²) in [5.41, 5.74) is 24.0. The number of carboxylic acid groups (broad SMARTS) is 1. The summed E-state index contributed by atoms with van der Waals surface area (Å²) in [6.45, 7) is 0.258. The van der Waals surface area contributed by atoms with Crippen LogP contribution in [0, 0.1) is 0 Å². The maximum atomic E-state index is 10.9. The maximum Gasteiger partial charge on any atom is 0.346 e. The van der Waals surface area contributed by atoms with Crippen LogP contribution in [0.5, 0.6) is 0 Å².